The minimum absolute atomic E-state index is 0.0986. The van der Waals surface area contributed by atoms with Crippen molar-refractivity contribution in [3.05, 3.63) is 45.3 Å². The number of anilines is 1. The molecule has 0 aliphatic heterocycles. The number of nitrogens with one attached hydrogen (secondary N) is 3. The highest BCUT2D eigenvalue weighted by atomic mass is 32.1. The van der Waals surface area contributed by atoms with E-state index in [2.05, 4.69) is 16.0 Å². The lowest BCUT2D eigenvalue weighted by atomic mass is 10.1. The van der Waals surface area contributed by atoms with Crippen molar-refractivity contribution >= 4 is 40.2 Å². The van der Waals surface area contributed by atoms with Crippen molar-refractivity contribution in [2.75, 3.05) is 19.0 Å². The summed E-state index contributed by atoms with van der Waals surface area (Å²) in [4.78, 5) is 48.8. The second-order valence-electron chi connectivity index (χ2n) is 6.59. The van der Waals surface area contributed by atoms with E-state index in [0.29, 0.717) is 16.2 Å². The highest BCUT2D eigenvalue weighted by molar-refractivity contribution is 7.18. The molecule has 2 aromatic rings. The number of amides is 4. The summed E-state index contributed by atoms with van der Waals surface area (Å²) < 4.78 is 10.2. The molecular weight excluding hydrogens is 422 g/mol. The van der Waals surface area contributed by atoms with Crippen LogP contribution in [0.25, 0.3) is 0 Å². The molecule has 0 aliphatic rings. The Hall–Kier alpha value is -3.40. The van der Waals surface area contributed by atoms with E-state index in [4.69, 9.17) is 9.47 Å². The Morgan fingerprint density at radius 1 is 1.10 bits per heavy atom. The number of thiophene rings is 1. The monoisotopic (exact) mass is 447 g/mol. The number of ether oxygens (including phenoxy) is 2. The predicted octanol–water partition coefficient (Wildman–Crippen LogP) is 3.78. The molecule has 1 heterocycles. The molecule has 31 heavy (non-hydrogen) atoms. The van der Waals surface area contributed by atoms with Gasteiger partial charge in [0.05, 0.1) is 24.2 Å². The summed E-state index contributed by atoms with van der Waals surface area (Å²) in [5, 5.41) is 7.33. The Kier molecular flexibility index (Phi) is 8.14. The summed E-state index contributed by atoms with van der Waals surface area (Å²) >= 11 is 0.954. The fraction of sp³-hybridized carbons (Fsp3) is 0.333. The van der Waals surface area contributed by atoms with E-state index in [1.807, 2.05) is 19.1 Å². The molecule has 1 aromatic carbocycles. The minimum atomic E-state index is -0.842. The van der Waals surface area contributed by atoms with Crippen LogP contribution in [0.1, 0.15) is 50.6 Å². The Balaban J connectivity index is 2.05. The molecule has 166 valence electrons. The Bertz CT molecular complexity index is 1010. The maximum absolute atomic E-state index is 12.3. The van der Waals surface area contributed by atoms with Gasteiger partial charge in [-0.1, -0.05) is 6.07 Å². The SMILES string of the molecule is CCOC(=O)c1c(NC(=O)NC(=O)NCc2ccc(OC)cc2C)sc(C(C)=O)c1C. The van der Waals surface area contributed by atoms with Crippen LogP contribution in [0, 0.1) is 13.8 Å². The predicted molar refractivity (Wildman–Crippen MR) is 117 cm³/mol. The molecule has 10 heteroatoms. The number of urea groups is 2. The summed E-state index contributed by atoms with van der Waals surface area (Å²) in [6.07, 6.45) is 0. The summed E-state index contributed by atoms with van der Waals surface area (Å²) in [5.74, 6) is -0.189. The topological polar surface area (TPSA) is 123 Å². The molecule has 0 saturated heterocycles. The zero-order chi connectivity index (χ0) is 23.1. The van der Waals surface area contributed by atoms with Gasteiger partial charge in [-0.25, -0.2) is 14.4 Å². The first kappa shape index (κ1) is 23.9. The number of benzene rings is 1. The molecule has 0 unspecified atom stereocenters. The van der Waals surface area contributed by atoms with Gasteiger partial charge < -0.3 is 14.8 Å². The molecule has 0 atom stereocenters. The van der Waals surface area contributed by atoms with Gasteiger partial charge in [0.15, 0.2) is 5.78 Å². The molecule has 0 spiro atoms. The minimum Gasteiger partial charge on any atom is -0.497 e. The molecule has 0 radical (unpaired) electrons. The number of rotatable bonds is 7. The van der Waals surface area contributed by atoms with Crippen molar-refractivity contribution < 1.29 is 28.7 Å². The quantitative estimate of drug-likeness (QED) is 0.438. The van der Waals surface area contributed by atoms with Gasteiger partial charge in [-0.3, -0.25) is 15.4 Å². The van der Waals surface area contributed by atoms with Crippen molar-refractivity contribution in [2.45, 2.75) is 34.2 Å². The molecule has 2 rings (SSSR count). The number of methoxy groups -OCH3 is 1. The number of esters is 1. The van der Waals surface area contributed by atoms with Gasteiger partial charge >= 0.3 is 18.0 Å². The number of Topliss-reactive ketones (excluding diaryl/α,β-unsaturated/α-hetero) is 1. The highest BCUT2D eigenvalue weighted by Gasteiger charge is 2.25. The van der Waals surface area contributed by atoms with Gasteiger partial charge in [-0.15, -0.1) is 11.3 Å². The number of imide groups is 1. The third-order valence-corrected chi connectivity index (χ3v) is 5.70. The molecular formula is C21H25N3O6S. The van der Waals surface area contributed by atoms with Crippen LogP contribution in [0.15, 0.2) is 18.2 Å². The summed E-state index contributed by atoms with van der Waals surface area (Å²) in [7, 11) is 1.57. The van der Waals surface area contributed by atoms with Crippen molar-refractivity contribution in [1.82, 2.24) is 10.6 Å². The summed E-state index contributed by atoms with van der Waals surface area (Å²) in [5.41, 5.74) is 2.31. The molecule has 3 N–H and O–H groups in total. The smallest absolute Gasteiger partial charge is 0.341 e. The zero-order valence-corrected chi connectivity index (χ0v) is 18.8. The lowest BCUT2D eigenvalue weighted by Gasteiger charge is -2.11. The van der Waals surface area contributed by atoms with Crippen LogP contribution >= 0.6 is 11.3 Å². The third-order valence-electron chi connectivity index (χ3n) is 4.39. The lowest BCUT2D eigenvalue weighted by Crippen LogP contribution is -2.41. The van der Waals surface area contributed by atoms with E-state index in [1.54, 1.807) is 27.0 Å². The van der Waals surface area contributed by atoms with Crippen molar-refractivity contribution in [2.24, 2.45) is 0 Å². The van der Waals surface area contributed by atoms with Crippen molar-refractivity contribution in [3.63, 3.8) is 0 Å². The molecule has 0 bridgehead atoms. The lowest BCUT2D eigenvalue weighted by molar-refractivity contribution is 0.0527. The number of ketones is 1. The van der Waals surface area contributed by atoms with Gasteiger partial charge in [0.1, 0.15) is 10.8 Å². The number of carbonyl (C=O) groups is 4. The van der Waals surface area contributed by atoms with Crippen LogP contribution in [-0.2, 0) is 11.3 Å². The first-order chi connectivity index (χ1) is 14.7. The molecule has 0 saturated carbocycles. The van der Waals surface area contributed by atoms with E-state index in [9.17, 15) is 19.2 Å². The van der Waals surface area contributed by atoms with E-state index >= 15 is 0 Å². The Morgan fingerprint density at radius 2 is 1.81 bits per heavy atom. The second kappa shape index (κ2) is 10.6. The molecule has 0 aliphatic carbocycles. The maximum Gasteiger partial charge on any atom is 0.341 e. The average Bonchev–Trinajstić information content (AvgIpc) is 3.03. The van der Waals surface area contributed by atoms with Gasteiger partial charge in [0.25, 0.3) is 0 Å². The molecule has 0 fully saturated rings. The Morgan fingerprint density at radius 3 is 2.39 bits per heavy atom. The van der Waals surface area contributed by atoms with E-state index in [-0.39, 0.29) is 29.5 Å². The first-order valence-electron chi connectivity index (χ1n) is 9.48. The van der Waals surface area contributed by atoms with Crippen LogP contribution < -0.4 is 20.7 Å². The molecule has 1 aromatic heterocycles. The van der Waals surface area contributed by atoms with E-state index in [1.165, 1.54) is 6.92 Å². The van der Waals surface area contributed by atoms with Crippen LogP contribution in [0.2, 0.25) is 0 Å². The zero-order valence-electron chi connectivity index (χ0n) is 18.0. The van der Waals surface area contributed by atoms with E-state index in [0.717, 1.165) is 22.5 Å². The van der Waals surface area contributed by atoms with Crippen molar-refractivity contribution in [1.29, 1.82) is 0 Å². The van der Waals surface area contributed by atoms with Crippen LogP contribution in [0.3, 0.4) is 0 Å². The molecule has 4 amide bonds. The van der Waals surface area contributed by atoms with Crippen LogP contribution in [0.5, 0.6) is 5.75 Å². The summed E-state index contributed by atoms with van der Waals surface area (Å²) in [6, 6.07) is 3.87. The second-order valence-corrected chi connectivity index (χ2v) is 7.61. The maximum atomic E-state index is 12.3. The standard InChI is InChI=1S/C21H25N3O6S/c1-6-30-19(26)16-12(3)17(13(4)25)31-18(16)23-21(28)24-20(27)22-10-14-7-8-15(29-5)9-11(14)2/h7-9H,6,10H2,1-5H3,(H3,22,23,24,27,28). The first-order valence-corrected chi connectivity index (χ1v) is 10.3. The van der Waals surface area contributed by atoms with Gasteiger partial charge in [-0.05, 0) is 56.5 Å². The van der Waals surface area contributed by atoms with Gasteiger partial charge in [0.2, 0.25) is 0 Å². The Labute approximate surface area is 184 Å². The van der Waals surface area contributed by atoms with Crippen LogP contribution in [0.4, 0.5) is 14.6 Å². The number of hydrogen-bond acceptors (Lipinski definition) is 7. The van der Waals surface area contributed by atoms with E-state index < -0.39 is 18.0 Å². The fourth-order valence-electron chi connectivity index (χ4n) is 2.84. The number of carbonyl (C=O) groups excluding carboxylic acids is 4. The largest absolute Gasteiger partial charge is 0.497 e. The highest BCUT2D eigenvalue weighted by Crippen LogP contribution is 2.34. The molecule has 9 nitrogen and oxygen atoms in total. The number of aryl methyl sites for hydroxylation is 1. The normalized spacial score (nSPS) is 10.2. The van der Waals surface area contributed by atoms with Gasteiger partial charge in [-0.2, -0.15) is 0 Å². The van der Waals surface area contributed by atoms with Gasteiger partial charge in [0, 0.05) is 6.54 Å². The fourth-order valence-corrected chi connectivity index (χ4v) is 3.92. The average molecular weight is 448 g/mol. The van der Waals surface area contributed by atoms with Crippen molar-refractivity contribution in [3.8, 4) is 5.75 Å². The summed E-state index contributed by atoms with van der Waals surface area (Å²) in [6.45, 7) is 6.85. The number of hydrogen-bond donors (Lipinski definition) is 3. The third kappa shape index (κ3) is 6.05. The van der Waals surface area contributed by atoms with Crippen LogP contribution in [-0.4, -0.2) is 37.5 Å².